The summed E-state index contributed by atoms with van der Waals surface area (Å²) >= 11 is 0. The molecule has 6 nitrogen and oxygen atoms in total. The molecule has 0 aliphatic heterocycles. The molecule has 1 aliphatic rings. The minimum absolute atomic E-state index is 0.00776. The number of amides is 2. The fourth-order valence-corrected chi connectivity index (χ4v) is 2.90. The molecule has 1 aromatic heterocycles. The van der Waals surface area contributed by atoms with Crippen molar-refractivity contribution in [1.29, 1.82) is 0 Å². The Labute approximate surface area is 147 Å². The molecule has 1 aliphatic carbocycles. The largest absolute Gasteiger partial charge is 0.352 e. The first-order valence-electron chi connectivity index (χ1n) is 8.20. The first-order valence-corrected chi connectivity index (χ1v) is 8.20. The molecule has 3 rings (SSSR count). The fraction of sp³-hybridized carbons (Fsp3) is 0.353. The third-order valence-electron chi connectivity index (χ3n) is 4.16. The minimum Gasteiger partial charge on any atom is -0.352 e. The predicted octanol–water partition coefficient (Wildman–Crippen LogP) is 2.61. The van der Waals surface area contributed by atoms with Crippen LogP contribution in [0.4, 0.5) is 18.9 Å². The van der Waals surface area contributed by atoms with E-state index in [9.17, 15) is 22.8 Å². The lowest BCUT2D eigenvalue weighted by atomic mass is 10.2. The summed E-state index contributed by atoms with van der Waals surface area (Å²) in [4.78, 5) is 24.0. The number of nitrogens with one attached hydrogen (secondary N) is 2. The van der Waals surface area contributed by atoms with Gasteiger partial charge in [-0.1, -0.05) is 12.8 Å². The Morgan fingerprint density at radius 2 is 1.81 bits per heavy atom. The summed E-state index contributed by atoms with van der Waals surface area (Å²) in [6, 6.07) is 1.40. The Hall–Kier alpha value is -2.84. The summed E-state index contributed by atoms with van der Waals surface area (Å²) in [6.07, 6.45) is 6.87. The van der Waals surface area contributed by atoms with Crippen molar-refractivity contribution in [3.05, 3.63) is 47.5 Å². The van der Waals surface area contributed by atoms with Crippen LogP contribution in [0.5, 0.6) is 0 Å². The van der Waals surface area contributed by atoms with E-state index < -0.39 is 23.4 Å². The van der Waals surface area contributed by atoms with Gasteiger partial charge in [-0.05, 0) is 25.0 Å². The van der Waals surface area contributed by atoms with Crippen molar-refractivity contribution in [1.82, 2.24) is 15.1 Å². The minimum atomic E-state index is -1.64. The average molecular weight is 366 g/mol. The van der Waals surface area contributed by atoms with Crippen molar-refractivity contribution >= 4 is 17.5 Å². The highest BCUT2D eigenvalue weighted by molar-refractivity contribution is 6.04. The van der Waals surface area contributed by atoms with Gasteiger partial charge in [-0.3, -0.25) is 14.3 Å². The Morgan fingerprint density at radius 3 is 2.46 bits per heavy atom. The highest BCUT2D eigenvalue weighted by Gasteiger charge is 2.18. The molecular weight excluding hydrogens is 349 g/mol. The van der Waals surface area contributed by atoms with Crippen LogP contribution in [0.15, 0.2) is 24.5 Å². The molecule has 26 heavy (non-hydrogen) atoms. The van der Waals surface area contributed by atoms with Crippen molar-refractivity contribution in [2.45, 2.75) is 38.3 Å². The molecule has 1 fully saturated rings. The summed E-state index contributed by atoms with van der Waals surface area (Å²) in [5, 5.41) is 9.26. The number of aromatic nitrogens is 2. The molecule has 2 N–H and O–H groups in total. The molecule has 1 aromatic carbocycles. The van der Waals surface area contributed by atoms with Gasteiger partial charge >= 0.3 is 0 Å². The molecule has 138 valence electrons. The van der Waals surface area contributed by atoms with Gasteiger partial charge in [0.15, 0.2) is 17.5 Å². The Kier molecular flexibility index (Phi) is 5.24. The van der Waals surface area contributed by atoms with Crippen LogP contribution < -0.4 is 10.6 Å². The van der Waals surface area contributed by atoms with Crippen LogP contribution >= 0.6 is 0 Å². The number of carbonyl (C=O) groups excluding carboxylic acids is 2. The molecule has 0 bridgehead atoms. The van der Waals surface area contributed by atoms with Gasteiger partial charge in [0.2, 0.25) is 5.91 Å². The standard InChI is InChI=1S/C17H17F3N4O2/c18-13-5-10(6-14(19)16(13)20)17(26)23-12-7-21-24(8-12)9-15(25)22-11-3-1-2-4-11/h5-8,11H,1-4,9H2,(H,22,25)(H,23,26). The maximum atomic E-state index is 13.2. The molecule has 0 unspecified atom stereocenters. The van der Waals surface area contributed by atoms with E-state index in [-0.39, 0.29) is 29.7 Å². The van der Waals surface area contributed by atoms with Gasteiger partial charge in [0.1, 0.15) is 6.54 Å². The number of carbonyl (C=O) groups is 2. The second-order valence-electron chi connectivity index (χ2n) is 6.18. The molecule has 9 heteroatoms. The van der Waals surface area contributed by atoms with Gasteiger partial charge in [-0.15, -0.1) is 0 Å². The van der Waals surface area contributed by atoms with Crippen LogP contribution in [0, 0.1) is 17.5 Å². The summed E-state index contributed by atoms with van der Waals surface area (Å²) in [7, 11) is 0. The third-order valence-corrected chi connectivity index (χ3v) is 4.16. The molecule has 1 saturated carbocycles. The lowest BCUT2D eigenvalue weighted by Crippen LogP contribution is -2.35. The van der Waals surface area contributed by atoms with E-state index in [1.807, 2.05) is 0 Å². The highest BCUT2D eigenvalue weighted by atomic mass is 19.2. The summed E-state index contributed by atoms with van der Waals surface area (Å²) in [5.74, 6) is -5.54. The Balaban J connectivity index is 1.59. The quantitative estimate of drug-likeness (QED) is 0.799. The molecule has 0 atom stereocenters. The first kappa shape index (κ1) is 18.0. The first-order chi connectivity index (χ1) is 12.4. The zero-order valence-corrected chi connectivity index (χ0v) is 13.8. The SMILES string of the molecule is O=C(Cn1cc(NC(=O)c2cc(F)c(F)c(F)c2)cn1)NC1CCCC1. The van der Waals surface area contributed by atoms with Crippen molar-refractivity contribution in [2.24, 2.45) is 0 Å². The van der Waals surface area contributed by atoms with Crippen LogP contribution in [0.1, 0.15) is 36.0 Å². The van der Waals surface area contributed by atoms with E-state index in [0.717, 1.165) is 25.7 Å². The van der Waals surface area contributed by atoms with Gasteiger partial charge in [-0.25, -0.2) is 13.2 Å². The average Bonchev–Trinajstić information content (AvgIpc) is 3.24. The van der Waals surface area contributed by atoms with E-state index >= 15 is 0 Å². The second kappa shape index (κ2) is 7.59. The summed E-state index contributed by atoms with van der Waals surface area (Å²) in [5.41, 5.74) is -0.123. The topological polar surface area (TPSA) is 76.0 Å². The van der Waals surface area contributed by atoms with Gasteiger partial charge in [0.25, 0.3) is 5.91 Å². The smallest absolute Gasteiger partial charge is 0.255 e. The molecular formula is C17H17F3N4O2. The molecule has 1 heterocycles. The van der Waals surface area contributed by atoms with E-state index in [0.29, 0.717) is 12.1 Å². The van der Waals surface area contributed by atoms with Crippen LogP contribution in [0.3, 0.4) is 0 Å². The second-order valence-corrected chi connectivity index (χ2v) is 6.18. The van der Waals surface area contributed by atoms with Crippen molar-refractivity contribution < 1.29 is 22.8 Å². The maximum absolute atomic E-state index is 13.2. The monoisotopic (exact) mass is 366 g/mol. The summed E-state index contributed by atoms with van der Waals surface area (Å²) < 4.78 is 40.7. The zero-order valence-electron chi connectivity index (χ0n) is 13.8. The highest BCUT2D eigenvalue weighted by Crippen LogP contribution is 2.18. The van der Waals surface area contributed by atoms with Crippen LogP contribution in [-0.2, 0) is 11.3 Å². The normalized spacial score (nSPS) is 14.4. The molecule has 2 aromatic rings. The van der Waals surface area contributed by atoms with Crippen molar-refractivity contribution in [3.8, 4) is 0 Å². The number of benzene rings is 1. The number of rotatable bonds is 5. The zero-order chi connectivity index (χ0) is 18.7. The molecule has 0 spiro atoms. The number of nitrogens with zero attached hydrogens (tertiary/aromatic N) is 2. The number of hydrogen-bond donors (Lipinski definition) is 2. The fourth-order valence-electron chi connectivity index (χ4n) is 2.90. The van der Waals surface area contributed by atoms with Crippen LogP contribution in [-0.4, -0.2) is 27.6 Å². The van der Waals surface area contributed by atoms with Crippen LogP contribution in [0.2, 0.25) is 0 Å². The van der Waals surface area contributed by atoms with Gasteiger partial charge in [0, 0.05) is 17.8 Å². The van der Waals surface area contributed by atoms with Gasteiger partial charge < -0.3 is 10.6 Å². The van der Waals surface area contributed by atoms with Crippen molar-refractivity contribution in [2.75, 3.05) is 5.32 Å². The number of halogens is 3. The van der Waals surface area contributed by atoms with E-state index in [1.165, 1.54) is 17.1 Å². The van der Waals surface area contributed by atoms with Crippen LogP contribution in [0.25, 0.3) is 0 Å². The van der Waals surface area contributed by atoms with E-state index in [4.69, 9.17) is 0 Å². The lowest BCUT2D eigenvalue weighted by Gasteiger charge is -2.11. The van der Waals surface area contributed by atoms with E-state index in [1.54, 1.807) is 0 Å². The Morgan fingerprint density at radius 1 is 1.15 bits per heavy atom. The molecule has 0 radical (unpaired) electrons. The summed E-state index contributed by atoms with van der Waals surface area (Å²) in [6.45, 7) is -0.00776. The number of hydrogen-bond acceptors (Lipinski definition) is 3. The van der Waals surface area contributed by atoms with Gasteiger partial charge in [0.05, 0.1) is 11.9 Å². The van der Waals surface area contributed by atoms with Crippen molar-refractivity contribution in [3.63, 3.8) is 0 Å². The Bertz CT molecular complexity index is 808. The van der Waals surface area contributed by atoms with Gasteiger partial charge in [-0.2, -0.15) is 5.10 Å². The predicted molar refractivity (Wildman–Crippen MR) is 86.9 cm³/mol. The molecule has 2 amide bonds. The lowest BCUT2D eigenvalue weighted by molar-refractivity contribution is -0.122. The molecule has 0 saturated heterocycles. The maximum Gasteiger partial charge on any atom is 0.255 e. The van der Waals surface area contributed by atoms with E-state index in [2.05, 4.69) is 15.7 Å². The third kappa shape index (κ3) is 4.22. The number of anilines is 1.